The molecule has 1 aliphatic heterocycles. The molecule has 5 nitrogen and oxygen atoms in total. The zero-order valence-corrected chi connectivity index (χ0v) is 15.3. The molecule has 2 heterocycles. The summed E-state index contributed by atoms with van der Waals surface area (Å²) in [4.78, 5) is 28.4. The minimum atomic E-state index is -0.933. The summed E-state index contributed by atoms with van der Waals surface area (Å²) in [6.07, 6.45) is 0. The number of ketones is 1. The molecule has 0 saturated heterocycles. The largest absolute Gasteiger partial charge is 0.503 e. The van der Waals surface area contributed by atoms with Crippen LogP contribution in [-0.4, -0.2) is 48.9 Å². The van der Waals surface area contributed by atoms with Crippen molar-refractivity contribution < 1.29 is 24.0 Å². The molecular formula is C19H20FN2O3S+. The number of carbonyl (C=O) groups is 2. The van der Waals surface area contributed by atoms with Crippen LogP contribution >= 0.6 is 11.3 Å². The lowest BCUT2D eigenvalue weighted by atomic mass is 9.95. The third-order valence-electron chi connectivity index (χ3n) is 4.35. The highest BCUT2D eigenvalue weighted by molar-refractivity contribution is 7.12. The molecule has 1 amide bonds. The maximum atomic E-state index is 14.5. The predicted molar refractivity (Wildman–Crippen MR) is 96.8 cm³/mol. The van der Waals surface area contributed by atoms with Crippen LogP contribution in [0.2, 0.25) is 0 Å². The molecule has 1 aromatic heterocycles. The van der Waals surface area contributed by atoms with Crippen molar-refractivity contribution in [2.75, 3.05) is 27.2 Å². The first-order valence-electron chi connectivity index (χ1n) is 8.27. The van der Waals surface area contributed by atoms with Crippen LogP contribution in [0.1, 0.15) is 21.3 Å². The molecule has 0 radical (unpaired) electrons. The second-order valence-electron chi connectivity index (χ2n) is 6.45. The lowest BCUT2D eigenvalue weighted by Crippen LogP contribution is -3.06. The second kappa shape index (κ2) is 7.39. The van der Waals surface area contributed by atoms with Crippen LogP contribution in [0, 0.1) is 5.82 Å². The Balaban J connectivity index is 2.08. The van der Waals surface area contributed by atoms with Gasteiger partial charge in [0.05, 0.1) is 43.7 Å². The number of hydrogen-bond acceptors (Lipinski definition) is 4. The average Bonchev–Trinajstić information content (AvgIpc) is 3.22. The number of nitrogens with zero attached hydrogens (tertiary/aromatic N) is 1. The van der Waals surface area contributed by atoms with Gasteiger partial charge in [-0.2, -0.15) is 0 Å². The third kappa shape index (κ3) is 3.27. The van der Waals surface area contributed by atoms with Crippen LogP contribution in [-0.2, 0) is 4.79 Å². The quantitative estimate of drug-likeness (QED) is 0.754. The van der Waals surface area contributed by atoms with E-state index in [0.717, 1.165) is 4.90 Å². The maximum Gasteiger partial charge on any atom is 0.290 e. The molecule has 26 heavy (non-hydrogen) atoms. The number of aliphatic hydroxyl groups excluding tert-OH is 1. The minimum Gasteiger partial charge on any atom is -0.503 e. The summed E-state index contributed by atoms with van der Waals surface area (Å²) in [7, 11) is 3.87. The summed E-state index contributed by atoms with van der Waals surface area (Å²) in [5.41, 5.74) is 0.148. The maximum absolute atomic E-state index is 14.5. The Morgan fingerprint density at radius 1 is 1.27 bits per heavy atom. The molecule has 1 atom stereocenters. The van der Waals surface area contributed by atoms with E-state index in [1.54, 1.807) is 35.7 Å². The number of likely N-dealkylation sites (N-methyl/N-ethyl adjacent to an activating group) is 1. The van der Waals surface area contributed by atoms with Gasteiger partial charge in [-0.15, -0.1) is 11.3 Å². The first-order valence-corrected chi connectivity index (χ1v) is 9.15. The van der Waals surface area contributed by atoms with Gasteiger partial charge in [0.1, 0.15) is 5.82 Å². The number of carbonyl (C=O) groups excluding carboxylic acids is 2. The van der Waals surface area contributed by atoms with Gasteiger partial charge in [0.15, 0.2) is 5.76 Å². The Morgan fingerprint density at radius 2 is 2.00 bits per heavy atom. The smallest absolute Gasteiger partial charge is 0.290 e. The van der Waals surface area contributed by atoms with Gasteiger partial charge < -0.3 is 14.9 Å². The van der Waals surface area contributed by atoms with Crippen molar-refractivity contribution in [2.24, 2.45) is 0 Å². The Labute approximate surface area is 155 Å². The lowest BCUT2D eigenvalue weighted by molar-refractivity contribution is -0.857. The number of thiophene rings is 1. The Hall–Kier alpha value is -2.51. The number of aliphatic hydroxyl groups is 1. The van der Waals surface area contributed by atoms with Crippen molar-refractivity contribution in [3.05, 3.63) is 69.4 Å². The molecule has 2 aromatic rings. The van der Waals surface area contributed by atoms with Gasteiger partial charge >= 0.3 is 0 Å². The zero-order chi connectivity index (χ0) is 18.8. The second-order valence-corrected chi connectivity index (χ2v) is 7.40. The number of Topliss-reactive ketones (excluding diaryl/α,β-unsaturated/α-hetero) is 1. The molecule has 2 N–H and O–H groups in total. The molecule has 0 fully saturated rings. The van der Waals surface area contributed by atoms with Crippen LogP contribution in [0.15, 0.2) is 53.1 Å². The van der Waals surface area contributed by atoms with E-state index in [1.807, 2.05) is 14.1 Å². The third-order valence-corrected chi connectivity index (χ3v) is 5.21. The topological polar surface area (TPSA) is 62.1 Å². The van der Waals surface area contributed by atoms with Crippen molar-refractivity contribution >= 4 is 23.0 Å². The molecule has 0 aliphatic carbocycles. The van der Waals surface area contributed by atoms with E-state index in [1.165, 1.54) is 22.3 Å². The van der Waals surface area contributed by atoms with E-state index in [0.29, 0.717) is 18.0 Å². The molecule has 7 heteroatoms. The fraction of sp³-hybridized carbons (Fsp3) is 0.263. The Kier molecular flexibility index (Phi) is 5.20. The van der Waals surface area contributed by atoms with Crippen molar-refractivity contribution in [2.45, 2.75) is 6.04 Å². The molecule has 0 spiro atoms. The van der Waals surface area contributed by atoms with Crippen molar-refractivity contribution in [1.29, 1.82) is 0 Å². The van der Waals surface area contributed by atoms with Gasteiger partial charge in [-0.3, -0.25) is 9.59 Å². The van der Waals surface area contributed by atoms with Gasteiger partial charge in [-0.1, -0.05) is 24.3 Å². The number of halogens is 1. The van der Waals surface area contributed by atoms with Crippen LogP contribution < -0.4 is 4.90 Å². The minimum absolute atomic E-state index is 0.0590. The van der Waals surface area contributed by atoms with E-state index >= 15 is 0 Å². The molecule has 0 unspecified atom stereocenters. The molecule has 136 valence electrons. The normalized spacial score (nSPS) is 17.5. The van der Waals surface area contributed by atoms with E-state index < -0.39 is 29.3 Å². The van der Waals surface area contributed by atoms with E-state index in [2.05, 4.69) is 0 Å². The van der Waals surface area contributed by atoms with Crippen molar-refractivity contribution in [1.82, 2.24) is 4.90 Å². The number of amides is 1. The summed E-state index contributed by atoms with van der Waals surface area (Å²) in [5.74, 6) is -2.19. The van der Waals surface area contributed by atoms with Crippen LogP contribution in [0.4, 0.5) is 4.39 Å². The standard InChI is InChI=1S/C19H19FN2O3S/c1-21(2)9-10-22-16(12-6-3-4-7-13(12)20)15(18(24)19(22)25)17(23)14-8-5-11-26-14/h3-8,11,16,24H,9-10H2,1-2H3/p+1/t16-/m0/s1. The number of nitrogens with one attached hydrogen (secondary N) is 1. The van der Waals surface area contributed by atoms with Gasteiger partial charge in [0.25, 0.3) is 5.91 Å². The number of rotatable bonds is 6. The Bertz CT molecular complexity index is 861. The summed E-state index contributed by atoms with van der Waals surface area (Å²) in [5, 5.41) is 12.2. The van der Waals surface area contributed by atoms with Gasteiger partial charge in [0, 0.05) is 5.56 Å². The monoisotopic (exact) mass is 375 g/mol. The summed E-state index contributed by atoms with van der Waals surface area (Å²) in [6, 6.07) is 8.45. The fourth-order valence-corrected chi connectivity index (χ4v) is 3.70. The van der Waals surface area contributed by atoms with E-state index in [9.17, 15) is 19.1 Å². The van der Waals surface area contributed by atoms with Gasteiger partial charge in [0.2, 0.25) is 5.78 Å². The predicted octanol–water partition coefficient (Wildman–Crippen LogP) is 1.61. The molecular weight excluding hydrogens is 355 g/mol. The van der Waals surface area contributed by atoms with E-state index in [4.69, 9.17) is 0 Å². The molecule has 3 rings (SSSR count). The molecule has 0 saturated carbocycles. The molecule has 1 aliphatic rings. The van der Waals surface area contributed by atoms with Crippen LogP contribution in [0.25, 0.3) is 0 Å². The first kappa shape index (κ1) is 18.3. The highest BCUT2D eigenvalue weighted by atomic mass is 32.1. The van der Waals surface area contributed by atoms with E-state index in [-0.39, 0.29) is 11.1 Å². The average molecular weight is 375 g/mol. The summed E-state index contributed by atoms with van der Waals surface area (Å²) >= 11 is 1.22. The van der Waals surface area contributed by atoms with Crippen LogP contribution in [0.3, 0.4) is 0 Å². The van der Waals surface area contributed by atoms with Crippen LogP contribution in [0.5, 0.6) is 0 Å². The molecule has 1 aromatic carbocycles. The fourth-order valence-electron chi connectivity index (χ4n) is 3.02. The summed E-state index contributed by atoms with van der Waals surface area (Å²) in [6.45, 7) is 0.899. The number of quaternary nitrogens is 1. The highest BCUT2D eigenvalue weighted by Crippen LogP contribution is 2.40. The zero-order valence-electron chi connectivity index (χ0n) is 14.5. The highest BCUT2D eigenvalue weighted by Gasteiger charge is 2.44. The van der Waals surface area contributed by atoms with Gasteiger partial charge in [-0.25, -0.2) is 4.39 Å². The molecule has 0 bridgehead atoms. The first-order chi connectivity index (χ1) is 12.4. The summed E-state index contributed by atoms with van der Waals surface area (Å²) < 4.78 is 14.5. The number of hydrogen-bond donors (Lipinski definition) is 2. The van der Waals surface area contributed by atoms with Crippen molar-refractivity contribution in [3.63, 3.8) is 0 Å². The SMILES string of the molecule is C[NH+](C)CCN1C(=O)C(O)=C(C(=O)c2cccs2)[C@@H]1c1ccccc1F. The van der Waals surface area contributed by atoms with Gasteiger partial charge in [-0.05, 0) is 17.5 Å². The van der Waals surface area contributed by atoms with Crippen molar-refractivity contribution in [3.8, 4) is 0 Å². The Morgan fingerprint density at radius 3 is 2.62 bits per heavy atom. The number of benzene rings is 1. The lowest BCUT2D eigenvalue weighted by Gasteiger charge is -2.27.